The van der Waals surface area contributed by atoms with Crippen LogP contribution in [0, 0.1) is 0 Å². The van der Waals surface area contributed by atoms with Crippen LogP contribution in [0.15, 0.2) is 38.3 Å². The summed E-state index contributed by atoms with van der Waals surface area (Å²) in [5.41, 5.74) is -0.681. The molecule has 124 valence electrons. The van der Waals surface area contributed by atoms with Crippen molar-refractivity contribution in [3.05, 3.63) is 45.2 Å². The van der Waals surface area contributed by atoms with Gasteiger partial charge in [-0.3, -0.25) is 4.57 Å². The Morgan fingerprint density at radius 1 is 1.26 bits per heavy atom. The lowest BCUT2D eigenvalue weighted by Crippen LogP contribution is -2.33. The van der Waals surface area contributed by atoms with Gasteiger partial charge in [0.15, 0.2) is 0 Å². The van der Waals surface area contributed by atoms with Gasteiger partial charge >= 0.3 is 17.5 Å². The summed E-state index contributed by atoms with van der Waals surface area (Å²) in [7, 11) is 0. The van der Waals surface area contributed by atoms with Crippen LogP contribution in [-0.2, 0) is 11.3 Å². The van der Waals surface area contributed by atoms with Gasteiger partial charge in [0.1, 0.15) is 5.60 Å². The number of fused-ring (bicyclic) bond motifs is 1. The number of rotatable bonds is 4. The summed E-state index contributed by atoms with van der Waals surface area (Å²) in [6.45, 7) is 6.01. The highest BCUT2D eigenvalue weighted by Gasteiger charge is 2.15. The summed E-state index contributed by atoms with van der Waals surface area (Å²) in [5.74, 6) is -0.703. The predicted octanol–water partition coefficient (Wildman–Crippen LogP) is 1.87. The first-order valence-electron chi connectivity index (χ1n) is 7.37. The van der Waals surface area contributed by atoms with E-state index in [0.717, 1.165) is 0 Å². The van der Waals surface area contributed by atoms with Gasteiger partial charge in [-0.25, -0.2) is 14.4 Å². The number of para-hydroxylation sites is 1. The SMILES string of the molecule is CC(C)(C)OC(=O)NCCCn1c(=O)oc(=O)c2ccccc21. The summed E-state index contributed by atoms with van der Waals surface area (Å²) in [5, 5.41) is 2.97. The van der Waals surface area contributed by atoms with Crippen LogP contribution in [-0.4, -0.2) is 22.8 Å². The molecule has 0 radical (unpaired) electrons. The van der Waals surface area contributed by atoms with E-state index in [-0.39, 0.29) is 0 Å². The Kier molecular flexibility index (Phi) is 4.88. The van der Waals surface area contributed by atoms with Crippen LogP contribution in [0.4, 0.5) is 4.79 Å². The molecular formula is C16H20N2O5. The fraction of sp³-hybridized carbons (Fsp3) is 0.438. The fourth-order valence-electron chi connectivity index (χ4n) is 2.12. The second-order valence-electron chi connectivity index (χ2n) is 6.11. The van der Waals surface area contributed by atoms with Gasteiger partial charge in [-0.2, -0.15) is 0 Å². The maximum absolute atomic E-state index is 11.9. The van der Waals surface area contributed by atoms with Gasteiger partial charge in [0.25, 0.3) is 0 Å². The lowest BCUT2D eigenvalue weighted by molar-refractivity contribution is 0.0526. The van der Waals surface area contributed by atoms with E-state index in [1.165, 1.54) is 4.57 Å². The number of amides is 1. The van der Waals surface area contributed by atoms with E-state index in [0.29, 0.717) is 30.4 Å². The lowest BCUT2D eigenvalue weighted by atomic mass is 10.2. The number of ether oxygens (including phenoxy) is 1. The zero-order chi connectivity index (χ0) is 17.0. The van der Waals surface area contributed by atoms with Gasteiger partial charge in [-0.15, -0.1) is 0 Å². The predicted molar refractivity (Wildman–Crippen MR) is 85.6 cm³/mol. The largest absolute Gasteiger partial charge is 0.444 e. The van der Waals surface area contributed by atoms with Crippen LogP contribution in [0.25, 0.3) is 10.9 Å². The highest BCUT2D eigenvalue weighted by atomic mass is 16.6. The molecule has 0 saturated heterocycles. The molecule has 1 N–H and O–H groups in total. The molecule has 0 spiro atoms. The lowest BCUT2D eigenvalue weighted by Gasteiger charge is -2.19. The molecule has 0 aliphatic rings. The van der Waals surface area contributed by atoms with Crippen LogP contribution < -0.4 is 16.7 Å². The molecule has 1 aromatic carbocycles. The summed E-state index contributed by atoms with van der Waals surface area (Å²) in [6, 6.07) is 6.75. The van der Waals surface area contributed by atoms with Crippen LogP contribution in [0.1, 0.15) is 27.2 Å². The second-order valence-corrected chi connectivity index (χ2v) is 6.11. The van der Waals surface area contributed by atoms with Gasteiger partial charge in [0, 0.05) is 13.1 Å². The normalized spacial score (nSPS) is 11.4. The minimum absolute atomic E-state index is 0.318. The Morgan fingerprint density at radius 2 is 1.96 bits per heavy atom. The van der Waals surface area contributed by atoms with E-state index in [4.69, 9.17) is 9.15 Å². The van der Waals surface area contributed by atoms with E-state index in [2.05, 4.69) is 5.32 Å². The number of carbonyl (C=O) groups is 1. The number of hydrogen-bond acceptors (Lipinski definition) is 5. The second kappa shape index (κ2) is 6.68. The molecule has 7 nitrogen and oxygen atoms in total. The molecule has 0 fully saturated rings. The van der Waals surface area contributed by atoms with Crippen molar-refractivity contribution in [2.75, 3.05) is 6.54 Å². The maximum Gasteiger partial charge on any atom is 0.422 e. The first-order valence-corrected chi connectivity index (χ1v) is 7.37. The molecule has 0 aliphatic heterocycles. The molecule has 0 saturated carbocycles. The van der Waals surface area contributed by atoms with E-state index >= 15 is 0 Å². The summed E-state index contributed by atoms with van der Waals surface area (Å²) >= 11 is 0. The molecule has 23 heavy (non-hydrogen) atoms. The van der Waals surface area contributed by atoms with E-state index in [9.17, 15) is 14.4 Å². The van der Waals surface area contributed by atoms with E-state index in [1.807, 2.05) is 0 Å². The molecule has 1 aromatic heterocycles. The average Bonchev–Trinajstić information content (AvgIpc) is 2.44. The Morgan fingerprint density at radius 3 is 2.65 bits per heavy atom. The van der Waals surface area contributed by atoms with Crippen molar-refractivity contribution in [2.24, 2.45) is 0 Å². The number of alkyl carbamates (subject to hydrolysis) is 1. The number of carbonyl (C=O) groups excluding carboxylic acids is 1. The molecule has 0 bridgehead atoms. The Balaban J connectivity index is 2.02. The van der Waals surface area contributed by atoms with Crippen molar-refractivity contribution >= 4 is 17.0 Å². The third-order valence-electron chi connectivity index (χ3n) is 3.04. The van der Waals surface area contributed by atoms with Gasteiger partial charge in [0.2, 0.25) is 0 Å². The monoisotopic (exact) mass is 320 g/mol. The molecular weight excluding hydrogens is 300 g/mol. The third-order valence-corrected chi connectivity index (χ3v) is 3.04. The third kappa shape index (κ3) is 4.45. The van der Waals surface area contributed by atoms with Gasteiger partial charge in [-0.1, -0.05) is 12.1 Å². The van der Waals surface area contributed by atoms with Gasteiger partial charge in [-0.05, 0) is 39.3 Å². The zero-order valence-corrected chi connectivity index (χ0v) is 13.4. The molecule has 2 rings (SSSR count). The minimum atomic E-state index is -0.703. The molecule has 0 aliphatic carbocycles. The summed E-state index contributed by atoms with van der Waals surface area (Å²) in [6.07, 6.45) is -0.00839. The zero-order valence-electron chi connectivity index (χ0n) is 13.4. The quantitative estimate of drug-likeness (QED) is 0.869. The average molecular weight is 320 g/mol. The van der Waals surface area contributed by atoms with Crippen LogP contribution in [0.3, 0.4) is 0 Å². The number of aryl methyl sites for hydroxylation is 1. The van der Waals surface area contributed by atoms with Crippen molar-refractivity contribution in [1.82, 2.24) is 9.88 Å². The molecule has 7 heteroatoms. The van der Waals surface area contributed by atoms with Crippen molar-refractivity contribution < 1.29 is 13.9 Å². The van der Waals surface area contributed by atoms with Crippen LogP contribution in [0.2, 0.25) is 0 Å². The van der Waals surface area contributed by atoms with Crippen molar-refractivity contribution in [2.45, 2.75) is 39.3 Å². The van der Waals surface area contributed by atoms with Crippen LogP contribution in [0.5, 0.6) is 0 Å². The van der Waals surface area contributed by atoms with Crippen molar-refractivity contribution in [1.29, 1.82) is 0 Å². The van der Waals surface area contributed by atoms with Gasteiger partial charge in [0.05, 0.1) is 10.9 Å². The Bertz CT molecular complexity index is 814. The maximum atomic E-state index is 11.9. The molecule has 0 atom stereocenters. The minimum Gasteiger partial charge on any atom is -0.444 e. The standard InChI is InChI=1S/C16H20N2O5/c1-16(2,3)23-14(20)17-9-6-10-18-12-8-5-4-7-11(12)13(19)22-15(18)21/h4-5,7-8H,6,9-10H2,1-3H3,(H,17,20). The van der Waals surface area contributed by atoms with E-state index in [1.54, 1.807) is 45.0 Å². The number of nitrogens with one attached hydrogen (secondary N) is 1. The first kappa shape index (κ1) is 16.8. The number of nitrogens with zero attached hydrogens (tertiary/aromatic N) is 1. The highest BCUT2D eigenvalue weighted by molar-refractivity contribution is 5.77. The molecule has 2 aromatic rings. The fourth-order valence-corrected chi connectivity index (χ4v) is 2.12. The topological polar surface area (TPSA) is 90.5 Å². The number of benzene rings is 1. The Hall–Kier alpha value is -2.57. The summed E-state index contributed by atoms with van der Waals surface area (Å²) in [4.78, 5) is 35.0. The smallest absolute Gasteiger partial charge is 0.422 e. The molecule has 0 unspecified atom stereocenters. The van der Waals surface area contributed by atoms with Crippen molar-refractivity contribution in [3.8, 4) is 0 Å². The Labute approximate surface area is 132 Å². The number of aromatic nitrogens is 1. The molecule has 1 heterocycles. The van der Waals surface area contributed by atoms with Gasteiger partial charge < -0.3 is 14.5 Å². The highest BCUT2D eigenvalue weighted by Crippen LogP contribution is 2.08. The van der Waals surface area contributed by atoms with Crippen molar-refractivity contribution in [3.63, 3.8) is 0 Å². The molecule has 1 amide bonds. The number of hydrogen-bond donors (Lipinski definition) is 1. The summed E-state index contributed by atoms with van der Waals surface area (Å²) < 4.78 is 11.2. The first-order chi connectivity index (χ1) is 10.8. The van der Waals surface area contributed by atoms with Crippen LogP contribution >= 0.6 is 0 Å². The van der Waals surface area contributed by atoms with E-state index < -0.39 is 23.1 Å².